The van der Waals surface area contributed by atoms with Gasteiger partial charge in [0, 0.05) is 7.05 Å². The zero-order chi connectivity index (χ0) is 18.3. The van der Waals surface area contributed by atoms with Crippen molar-refractivity contribution in [2.45, 2.75) is 31.5 Å². The number of halogens is 3. The van der Waals surface area contributed by atoms with E-state index in [9.17, 15) is 22.8 Å². The summed E-state index contributed by atoms with van der Waals surface area (Å²) in [6.07, 6.45) is -5.23. The highest BCUT2D eigenvalue weighted by molar-refractivity contribution is 5.91. The number of alkyl halides is 3. The fourth-order valence-electron chi connectivity index (χ4n) is 2.75. The van der Waals surface area contributed by atoms with Gasteiger partial charge in [-0.3, -0.25) is 15.4 Å². The standard InChI is InChI=1S/C15H18F3N3O3/c1-9(2)13(10-7-5-4-6-8-10)11(22)21(3)15(19,20-13)24-12(23)14(16,17)18/h4-9,20H,19H2,1-3H3. The second-order valence-electron chi connectivity index (χ2n) is 5.90. The van der Waals surface area contributed by atoms with Crippen molar-refractivity contribution < 1.29 is 27.5 Å². The Bertz CT molecular complexity index is 650. The molecule has 0 bridgehead atoms. The van der Waals surface area contributed by atoms with Crippen LogP contribution < -0.4 is 11.1 Å². The molecule has 0 spiro atoms. The molecule has 1 amide bonds. The largest absolute Gasteiger partial charge is 0.491 e. The van der Waals surface area contributed by atoms with Gasteiger partial charge in [0.25, 0.3) is 5.91 Å². The molecule has 24 heavy (non-hydrogen) atoms. The Kier molecular flexibility index (Phi) is 4.36. The Balaban J connectivity index is 2.47. The first-order chi connectivity index (χ1) is 10.9. The molecule has 1 heterocycles. The lowest BCUT2D eigenvalue weighted by Crippen LogP contribution is -2.64. The van der Waals surface area contributed by atoms with Crippen LogP contribution in [0.15, 0.2) is 30.3 Å². The van der Waals surface area contributed by atoms with Crippen LogP contribution in [0.25, 0.3) is 0 Å². The van der Waals surface area contributed by atoms with E-state index in [0.717, 1.165) is 4.90 Å². The van der Waals surface area contributed by atoms with E-state index in [0.29, 0.717) is 5.56 Å². The van der Waals surface area contributed by atoms with Crippen LogP contribution in [0.1, 0.15) is 19.4 Å². The zero-order valence-corrected chi connectivity index (χ0v) is 13.3. The number of likely N-dealkylation sites (N-methyl/N-ethyl adjacent to an activating group) is 1. The van der Waals surface area contributed by atoms with Crippen molar-refractivity contribution in [3.8, 4) is 0 Å². The summed E-state index contributed by atoms with van der Waals surface area (Å²) in [6.45, 7) is 3.42. The van der Waals surface area contributed by atoms with Crippen molar-refractivity contribution in [2.75, 3.05) is 7.05 Å². The number of carbonyl (C=O) groups is 2. The SMILES string of the molecule is CC(C)C1(c2ccccc2)NC(N)(OC(=O)C(F)(F)F)N(C)C1=O. The molecule has 1 aromatic rings. The molecule has 1 aliphatic heterocycles. The normalized spacial score (nSPS) is 27.7. The predicted molar refractivity (Wildman–Crippen MR) is 77.9 cm³/mol. The zero-order valence-electron chi connectivity index (χ0n) is 13.3. The highest BCUT2D eigenvalue weighted by Gasteiger charge is 2.62. The predicted octanol–water partition coefficient (Wildman–Crippen LogP) is 1.28. The molecular weight excluding hydrogens is 327 g/mol. The van der Waals surface area contributed by atoms with Gasteiger partial charge in [0.05, 0.1) is 0 Å². The van der Waals surface area contributed by atoms with E-state index < -0.39 is 29.6 Å². The molecule has 1 saturated heterocycles. The van der Waals surface area contributed by atoms with E-state index in [1.54, 1.807) is 44.2 Å². The Morgan fingerprint density at radius 2 is 1.83 bits per heavy atom. The molecule has 0 aromatic heterocycles. The molecule has 132 valence electrons. The molecule has 0 radical (unpaired) electrons. The summed E-state index contributed by atoms with van der Waals surface area (Å²) in [6, 6.07) is 8.41. The molecule has 1 aliphatic rings. The van der Waals surface area contributed by atoms with E-state index in [-0.39, 0.29) is 5.92 Å². The van der Waals surface area contributed by atoms with Gasteiger partial charge in [0.1, 0.15) is 5.54 Å². The number of nitrogens with two attached hydrogens (primary N) is 1. The van der Waals surface area contributed by atoms with Crippen LogP contribution in [0.5, 0.6) is 0 Å². The van der Waals surface area contributed by atoms with Gasteiger partial charge in [-0.05, 0) is 11.5 Å². The van der Waals surface area contributed by atoms with Gasteiger partial charge in [0.2, 0.25) is 0 Å². The molecule has 9 heteroatoms. The Morgan fingerprint density at radius 1 is 1.29 bits per heavy atom. The number of rotatable bonds is 3. The lowest BCUT2D eigenvalue weighted by Gasteiger charge is -2.34. The maximum atomic E-state index is 12.8. The highest BCUT2D eigenvalue weighted by Crippen LogP contribution is 2.39. The van der Waals surface area contributed by atoms with Crippen molar-refractivity contribution in [3.63, 3.8) is 0 Å². The van der Waals surface area contributed by atoms with Crippen LogP contribution in [0.2, 0.25) is 0 Å². The van der Waals surface area contributed by atoms with Gasteiger partial charge in [0.15, 0.2) is 0 Å². The summed E-state index contributed by atoms with van der Waals surface area (Å²) in [5, 5.41) is 2.61. The van der Waals surface area contributed by atoms with Crippen LogP contribution in [0, 0.1) is 5.92 Å². The summed E-state index contributed by atoms with van der Waals surface area (Å²) >= 11 is 0. The smallest absolute Gasteiger partial charge is 0.404 e. The van der Waals surface area contributed by atoms with Crippen molar-refractivity contribution in [1.82, 2.24) is 10.2 Å². The quantitative estimate of drug-likeness (QED) is 0.637. The molecule has 1 fully saturated rings. The molecule has 2 atom stereocenters. The number of carbonyl (C=O) groups excluding carboxylic acids is 2. The minimum atomic E-state index is -5.23. The monoisotopic (exact) mass is 345 g/mol. The van der Waals surface area contributed by atoms with E-state index >= 15 is 0 Å². The fraction of sp³-hybridized carbons (Fsp3) is 0.467. The van der Waals surface area contributed by atoms with Crippen LogP contribution in [0.4, 0.5) is 13.2 Å². The first-order valence-corrected chi connectivity index (χ1v) is 7.17. The van der Waals surface area contributed by atoms with E-state index in [1.807, 2.05) is 0 Å². The summed E-state index contributed by atoms with van der Waals surface area (Å²) in [7, 11) is 1.17. The number of nitrogens with one attached hydrogen (secondary N) is 1. The van der Waals surface area contributed by atoms with Gasteiger partial charge < -0.3 is 4.74 Å². The number of esters is 1. The fourth-order valence-corrected chi connectivity index (χ4v) is 2.75. The lowest BCUT2D eigenvalue weighted by molar-refractivity contribution is -0.229. The number of benzene rings is 1. The van der Waals surface area contributed by atoms with Gasteiger partial charge in [-0.15, -0.1) is 0 Å². The Morgan fingerprint density at radius 3 is 2.29 bits per heavy atom. The van der Waals surface area contributed by atoms with Gasteiger partial charge in [-0.1, -0.05) is 44.2 Å². The molecule has 0 saturated carbocycles. The Hall–Kier alpha value is -2.13. The van der Waals surface area contributed by atoms with E-state index in [2.05, 4.69) is 10.1 Å². The summed E-state index contributed by atoms with van der Waals surface area (Å²) < 4.78 is 41.9. The number of hydrogen-bond donors (Lipinski definition) is 2. The Labute approximate surface area is 136 Å². The molecule has 1 aromatic carbocycles. The number of amides is 1. The average Bonchev–Trinajstić information content (AvgIpc) is 2.69. The molecular formula is C15H18F3N3O3. The summed E-state index contributed by atoms with van der Waals surface area (Å²) in [5.41, 5.74) is 4.88. The maximum Gasteiger partial charge on any atom is 0.491 e. The summed E-state index contributed by atoms with van der Waals surface area (Å²) in [5.74, 6) is -5.88. The lowest BCUT2D eigenvalue weighted by atomic mass is 9.80. The van der Waals surface area contributed by atoms with Crippen LogP contribution in [0.3, 0.4) is 0 Å². The second-order valence-corrected chi connectivity index (χ2v) is 5.90. The van der Waals surface area contributed by atoms with Crippen molar-refractivity contribution >= 4 is 11.9 Å². The van der Waals surface area contributed by atoms with E-state index in [4.69, 9.17) is 5.73 Å². The van der Waals surface area contributed by atoms with E-state index in [1.165, 1.54) is 7.05 Å². The third-order valence-electron chi connectivity index (χ3n) is 4.09. The van der Waals surface area contributed by atoms with Crippen molar-refractivity contribution in [1.29, 1.82) is 0 Å². The van der Waals surface area contributed by atoms with Gasteiger partial charge in [-0.2, -0.15) is 13.2 Å². The number of nitrogens with zero attached hydrogens (tertiary/aromatic N) is 1. The van der Waals surface area contributed by atoms with Crippen molar-refractivity contribution in [3.05, 3.63) is 35.9 Å². The number of hydrogen-bond acceptors (Lipinski definition) is 5. The highest BCUT2D eigenvalue weighted by atomic mass is 19.4. The van der Waals surface area contributed by atoms with Crippen molar-refractivity contribution in [2.24, 2.45) is 11.7 Å². The first kappa shape index (κ1) is 18.2. The van der Waals surface area contributed by atoms with Gasteiger partial charge >= 0.3 is 18.1 Å². The average molecular weight is 345 g/mol. The third kappa shape index (κ3) is 2.73. The molecule has 2 unspecified atom stereocenters. The van der Waals surface area contributed by atoms with Crippen LogP contribution in [-0.4, -0.2) is 36.0 Å². The number of ether oxygens (including phenoxy) is 1. The molecule has 3 N–H and O–H groups in total. The molecule has 6 nitrogen and oxygen atoms in total. The molecule has 0 aliphatic carbocycles. The third-order valence-corrected chi connectivity index (χ3v) is 4.09. The minimum Gasteiger partial charge on any atom is -0.404 e. The molecule has 2 rings (SSSR count). The summed E-state index contributed by atoms with van der Waals surface area (Å²) in [4.78, 5) is 24.8. The first-order valence-electron chi connectivity index (χ1n) is 7.17. The van der Waals surface area contributed by atoms with Crippen LogP contribution in [-0.2, 0) is 19.9 Å². The van der Waals surface area contributed by atoms with Gasteiger partial charge in [-0.25, -0.2) is 10.1 Å². The van der Waals surface area contributed by atoms with Crippen LogP contribution >= 0.6 is 0 Å². The minimum absolute atomic E-state index is 0.384. The topological polar surface area (TPSA) is 84.7 Å². The maximum absolute atomic E-state index is 12.8. The second kappa shape index (κ2) is 5.75.